The van der Waals surface area contributed by atoms with Crippen molar-refractivity contribution in [2.75, 3.05) is 6.54 Å². The zero-order valence-corrected chi connectivity index (χ0v) is 12.6. The number of halogens is 3. The van der Waals surface area contributed by atoms with Crippen molar-refractivity contribution < 1.29 is 8.78 Å². The zero-order valence-electron chi connectivity index (χ0n) is 11.9. The first-order chi connectivity index (χ1) is 10.1. The van der Waals surface area contributed by atoms with Gasteiger partial charge in [0.05, 0.1) is 0 Å². The summed E-state index contributed by atoms with van der Waals surface area (Å²) in [6, 6.07) is 10.9. The molecule has 0 spiro atoms. The van der Waals surface area contributed by atoms with Crippen molar-refractivity contribution in [1.29, 1.82) is 0 Å². The Bertz CT molecular complexity index is 601. The molecule has 2 aromatic carbocycles. The molecule has 0 fully saturated rings. The zero-order chi connectivity index (χ0) is 15.2. The van der Waals surface area contributed by atoms with Crippen LogP contribution in [0.5, 0.6) is 0 Å². The molecule has 2 rings (SSSR count). The molecule has 0 heterocycles. The predicted molar refractivity (Wildman–Crippen MR) is 82.5 cm³/mol. The van der Waals surface area contributed by atoms with E-state index in [1.165, 1.54) is 18.2 Å². The third kappa shape index (κ3) is 4.26. The van der Waals surface area contributed by atoms with Crippen LogP contribution in [0.4, 0.5) is 8.78 Å². The molecule has 1 atom stereocenters. The lowest BCUT2D eigenvalue weighted by Gasteiger charge is -2.20. The molecule has 0 radical (unpaired) electrons. The number of rotatable bonds is 6. The van der Waals surface area contributed by atoms with E-state index in [0.29, 0.717) is 17.0 Å². The Balaban J connectivity index is 2.27. The highest BCUT2D eigenvalue weighted by Crippen LogP contribution is 2.27. The molecule has 0 saturated heterocycles. The van der Waals surface area contributed by atoms with Gasteiger partial charge in [0, 0.05) is 11.1 Å². The minimum atomic E-state index is -0.371. The summed E-state index contributed by atoms with van der Waals surface area (Å²) in [5, 5.41) is 3.71. The second-order valence-corrected chi connectivity index (χ2v) is 5.38. The van der Waals surface area contributed by atoms with E-state index < -0.39 is 0 Å². The van der Waals surface area contributed by atoms with Crippen LogP contribution < -0.4 is 5.32 Å². The normalized spacial score (nSPS) is 12.4. The summed E-state index contributed by atoms with van der Waals surface area (Å²) < 4.78 is 27.0. The van der Waals surface area contributed by atoms with E-state index in [2.05, 4.69) is 12.2 Å². The summed E-state index contributed by atoms with van der Waals surface area (Å²) in [6.45, 7) is 2.84. The minimum Gasteiger partial charge on any atom is -0.310 e. The number of hydrogen-bond acceptors (Lipinski definition) is 1. The Kier molecular flexibility index (Phi) is 5.71. The third-order valence-corrected chi connectivity index (χ3v) is 3.69. The van der Waals surface area contributed by atoms with Gasteiger partial charge >= 0.3 is 0 Å². The maximum atomic E-state index is 13.8. The molecule has 0 aromatic heterocycles. The molecule has 1 N–H and O–H groups in total. The lowest BCUT2D eigenvalue weighted by atomic mass is 9.98. The van der Waals surface area contributed by atoms with Gasteiger partial charge in [-0.15, -0.1) is 0 Å². The Labute approximate surface area is 128 Å². The van der Waals surface area contributed by atoms with Gasteiger partial charge < -0.3 is 5.32 Å². The first kappa shape index (κ1) is 15.9. The smallest absolute Gasteiger partial charge is 0.126 e. The summed E-state index contributed by atoms with van der Waals surface area (Å²) in [5.74, 6) is -0.608. The molecule has 1 unspecified atom stereocenters. The number of nitrogens with one attached hydrogen (secondary N) is 1. The van der Waals surface area contributed by atoms with Crippen LogP contribution in [0.15, 0.2) is 42.5 Å². The molecule has 0 aliphatic rings. The second-order valence-electron chi connectivity index (χ2n) is 4.97. The maximum Gasteiger partial charge on any atom is 0.126 e. The summed E-state index contributed by atoms with van der Waals surface area (Å²) in [6.07, 6.45) is 1.42. The van der Waals surface area contributed by atoms with E-state index in [9.17, 15) is 8.78 Å². The summed E-state index contributed by atoms with van der Waals surface area (Å²) in [7, 11) is 0. The molecule has 0 bridgehead atoms. The Morgan fingerprint density at radius 2 is 1.90 bits per heavy atom. The van der Waals surface area contributed by atoms with Crippen molar-refractivity contribution in [2.24, 2.45) is 0 Å². The third-order valence-electron chi connectivity index (χ3n) is 3.36. The van der Waals surface area contributed by atoms with Crippen molar-refractivity contribution in [3.05, 3.63) is 70.2 Å². The molecule has 1 nitrogen and oxygen atoms in total. The van der Waals surface area contributed by atoms with E-state index in [0.717, 1.165) is 18.5 Å². The first-order valence-electron chi connectivity index (χ1n) is 7.03. The molecule has 0 saturated carbocycles. The molecule has 0 aliphatic carbocycles. The highest BCUT2D eigenvalue weighted by atomic mass is 35.5. The average molecular weight is 310 g/mol. The monoisotopic (exact) mass is 309 g/mol. The fourth-order valence-corrected chi connectivity index (χ4v) is 2.58. The molecule has 2 aromatic rings. The van der Waals surface area contributed by atoms with E-state index in [1.54, 1.807) is 18.2 Å². The Morgan fingerprint density at radius 3 is 2.57 bits per heavy atom. The van der Waals surface area contributed by atoms with E-state index in [-0.39, 0.29) is 17.7 Å². The second kappa shape index (κ2) is 7.53. The van der Waals surface area contributed by atoms with Crippen molar-refractivity contribution in [3.8, 4) is 0 Å². The Morgan fingerprint density at radius 1 is 1.14 bits per heavy atom. The fourth-order valence-electron chi connectivity index (χ4n) is 2.28. The standard InChI is InChI=1S/C17H18ClF2N/c1-2-9-21-17(10-12-5-3-4-6-16(12)20)14-8-7-13(19)11-15(14)18/h3-8,11,17,21H,2,9-10H2,1H3. The van der Waals surface area contributed by atoms with Crippen LogP contribution in [0.25, 0.3) is 0 Å². The van der Waals surface area contributed by atoms with Gasteiger partial charge in [-0.3, -0.25) is 0 Å². The molecule has 0 amide bonds. The van der Waals surface area contributed by atoms with Crippen LogP contribution >= 0.6 is 11.6 Å². The van der Waals surface area contributed by atoms with Crippen molar-refractivity contribution in [1.82, 2.24) is 5.32 Å². The van der Waals surface area contributed by atoms with E-state index in [1.807, 2.05) is 6.07 Å². The van der Waals surface area contributed by atoms with Gasteiger partial charge in [-0.1, -0.05) is 42.8 Å². The van der Waals surface area contributed by atoms with Crippen LogP contribution in [-0.2, 0) is 6.42 Å². The molecule has 21 heavy (non-hydrogen) atoms. The average Bonchev–Trinajstić information content (AvgIpc) is 2.46. The van der Waals surface area contributed by atoms with Gasteiger partial charge in [0.2, 0.25) is 0 Å². The molecular formula is C17H18ClF2N. The lowest BCUT2D eigenvalue weighted by Crippen LogP contribution is -2.24. The van der Waals surface area contributed by atoms with Gasteiger partial charge in [-0.25, -0.2) is 8.78 Å². The number of benzene rings is 2. The van der Waals surface area contributed by atoms with Crippen LogP contribution in [0.1, 0.15) is 30.5 Å². The fraction of sp³-hybridized carbons (Fsp3) is 0.294. The van der Waals surface area contributed by atoms with Gasteiger partial charge in [-0.05, 0) is 48.7 Å². The topological polar surface area (TPSA) is 12.0 Å². The summed E-state index contributed by atoms with van der Waals surface area (Å²) in [5.41, 5.74) is 1.40. The van der Waals surface area contributed by atoms with Crippen molar-refractivity contribution in [2.45, 2.75) is 25.8 Å². The summed E-state index contributed by atoms with van der Waals surface area (Å²) >= 11 is 6.14. The largest absolute Gasteiger partial charge is 0.310 e. The van der Waals surface area contributed by atoms with Crippen LogP contribution in [-0.4, -0.2) is 6.54 Å². The SMILES string of the molecule is CCCNC(Cc1ccccc1F)c1ccc(F)cc1Cl. The number of hydrogen-bond donors (Lipinski definition) is 1. The van der Waals surface area contributed by atoms with Crippen molar-refractivity contribution in [3.63, 3.8) is 0 Å². The quantitative estimate of drug-likeness (QED) is 0.800. The van der Waals surface area contributed by atoms with Gasteiger partial charge in [0.25, 0.3) is 0 Å². The van der Waals surface area contributed by atoms with Crippen molar-refractivity contribution >= 4 is 11.6 Å². The lowest BCUT2D eigenvalue weighted by molar-refractivity contribution is 0.512. The predicted octanol–water partition coefficient (Wildman–Crippen LogP) is 4.90. The van der Waals surface area contributed by atoms with E-state index >= 15 is 0 Å². The maximum absolute atomic E-state index is 13.8. The molecule has 112 valence electrons. The van der Waals surface area contributed by atoms with Gasteiger partial charge in [0.15, 0.2) is 0 Å². The van der Waals surface area contributed by atoms with Gasteiger partial charge in [-0.2, -0.15) is 0 Å². The minimum absolute atomic E-state index is 0.144. The Hall–Kier alpha value is -1.45. The first-order valence-corrected chi connectivity index (χ1v) is 7.41. The van der Waals surface area contributed by atoms with Crippen LogP contribution in [0, 0.1) is 11.6 Å². The van der Waals surface area contributed by atoms with E-state index in [4.69, 9.17) is 11.6 Å². The highest BCUT2D eigenvalue weighted by Gasteiger charge is 2.17. The van der Waals surface area contributed by atoms with Crippen LogP contribution in [0.2, 0.25) is 5.02 Å². The molecule has 0 aliphatic heterocycles. The summed E-state index contributed by atoms with van der Waals surface area (Å²) in [4.78, 5) is 0. The highest BCUT2D eigenvalue weighted by molar-refractivity contribution is 6.31. The molecule has 4 heteroatoms. The van der Waals surface area contributed by atoms with Gasteiger partial charge in [0.1, 0.15) is 11.6 Å². The molecular weight excluding hydrogens is 292 g/mol. The van der Waals surface area contributed by atoms with Crippen LogP contribution in [0.3, 0.4) is 0 Å².